The summed E-state index contributed by atoms with van der Waals surface area (Å²) >= 11 is 8.06. The van der Waals surface area contributed by atoms with Gasteiger partial charge >= 0.3 is 0 Å². The summed E-state index contributed by atoms with van der Waals surface area (Å²) in [7, 11) is 0. The zero-order valence-electron chi connectivity index (χ0n) is 17.1. The molecule has 1 aliphatic heterocycles. The molecular weight excluding hydrogens is 444 g/mol. The Bertz CT molecular complexity index is 1290. The fourth-order valence-corrected chi connectivity index (χ4v) is 5.18. The third-order valence-electron chi connectivity index (χ3n) is 5.51. The number of hydrogen-bond acceptors (Lipinski definition) is 6. The number of aromatic nitrogens is 4. The summed E-state index contributed by atoms with van der Waals surface area (Å²) in [5, 5.41) is 12.0. The molecule has 2 aromatic heterocycles. The highest BCUT2D eigenvalue weighted by Crippen LogP contribution is 2.37. The SMILES string of the molecule is Nc1nc(-c2ccccc2)c(-c2cc(Cl)c3[nH]ncc3c2)nc1SCC1CCNC(=O)C1. The summed E-state index contributed by atoms with van der Waals surface area (Å²) in [6, 6.07) is 13.7. The van der Waals surface area contributed by atoms with Gasteiger partial charge in [0.25, 0.3) is 0 Å². The normalized spacial score (nSPS) is 16.3. The van der Waals surface area contributed by atoms with Crippen molar-refractivity contribution in [2.75, 3.05) is 18.0 Å². The Labute approximate surface area is 194 Å². The van der Waals surface area contributed by atoms with Crippen molar-refractivity contribution in [3.8, 4) is 22.5 Å². The number of rotatable bonds is 5. The van der Waals surface area contributed by atoms with Crippen molar-refractivity contribution in [3.05, 3.63) is 53.7 Å². The molecule has 3 heterocycles. The molecule has 4 N–H and O–H groups in total. The smallest absolute Gasteiger partial charge is 0.220 e. The van der Waals surface area contributed by atoms with Gasteiger partial charge in [0.15, 0.2) is 5.82 Å². The summed E-state index contributed by atoms with van der Waals surface area (Å²) in [4.78, 5) is 21.4. The van der Waals surface area contributed by atoms with Gasteiger partial charge < -0.3 is 11.1 Å². The van der Waals surface area contributed by atoms with Crippen molar-refractivity contribution >= 4 is 46.0 Å². The fraction of sp³-hybridized carbons (Fsp3) is 0.217. The topological polar surface area (TPSA) is 110 Å². The first-order valence-corrected chi connectivity index (χ1v) is 11.7. The van der Waals surface area contributed by atoms with Crippen LogP contribution in [0, 0.1) is 5.92 Å². The number of nitrogens with two attached hydrogens (primary N) is 1. The van der Waals surface area contributed by atoms with Crippen LogP contribution in [-0.2, 0) is 4.79 Å². The zero-order valence-corrected chi connectivity index (χ0v) is 18.7. The van der Waals surface area contributed by atoms with Crippen LogP contribution in [0.3, 0.4) is 0 Å². The van der Waals surface area contributed by atoms with Crippen molar-refractivity contribution in [1.82, 2.24) is 25.5 Å². The molecule has 32 heavy (non-hydrogen) atoms. The van der Waals surface area contributed by atoms with Crippen molar-refractivity contribution in [2.45, 2.75) is 17.9 Å². The highest BCUT2D eigenvalue weighted by Gasteiger charge is 2.22. The van der Waals surface area contributed by atoms with Crippen molar-refractivity contribution in [3.63, 3.8) is 0 Å². The molecule has 4 aromatic rings. The quantitative estimate of drug-likeness (QED) is 0.374. The number of anilines is 1. The number of carbonyl (C=O) groups excluding carboxylic acids is 1. The molecule has 0 radical (unpaired) electrons. The summed E-state index contributed by atoms with van der Waals surface area (Å²) in [5.74, 6) is 1.54. The first kappa shape index (κ1) is 20.8. The predicted octanol–water partition coefficient (Wildman–Crippen LogP) is 4.54. The number of nitrogens with zero attached hydrogens (tertiary/aromatic N) is 3. The number of fused-ring (bicyclic) bond motifs is 1. The Morgan fingerprint density at radius 2 is 1.94 bits per heavy atom. The van der Waals surface area contributed by atoms with E-state index in [4.69, 9.17) is 27.3 Å². The van der Waals surface area contributed by atoms with E-state index < -0.39 is 0 Å². The van der Waals surface area contributed by atoms with Crippen LogP contribution >= 0.6 is 23.4 Å². The van der Waals surface area contributed by atoms with E-state index in [0.29, 0.717) is 46.1 Å². The highest BCUT2D eigenvalue weighted by molar-refractivity contribution is 7.99. The van der Waals surface area contributed by atoms with E-state index in [1.54, 1.807) is 18.0 Å². The number of aromatic amines is 1. The van der Waals surface area contributed by atoms with E-state index in [1.165, 1.54) is 0 Å². The van der Waals surface area contributed by atoms with Gasteiger partial charge in [-0.05, 0) is 24.5 Å². The molecule has 2 aromatic carbocycles. The summed E-state index contributed by atoms with van der Waals surface area (Å²) in [6.07, 6.45) is 3.22. The second kappa shape index (κ2) is 8.80. The Kier molecular flexibility index (Phi) is 5.71. The minimum Gasteiger partial charge on any atom is -0.381 e. The molecule has 1 saturated heterocycles. The summed E-state index contributed by atoms with van der Waals surface area (Å²) in [6.45, 7) is 0.715. The molecule has 0 aliphatic carbocycles. The Hall–Kier alpha value is -3.10. The van der Waals surface area contributed by atoms with Crippen LogP contribution in [0.2, 0.25) is 5.02 Å². The minimum atomic E-state index is 0.101. The van der Waals surface area contributed by atoms with E-state index in [9.17, 15) is 4.79 Å². The number of halogens is 1. The van der Waals surface area contributed by atoms with Crippen LogP contribution in [0.1, 0.15) is 12.8 Å². The number of thioether (sulfide) groups is 1. The average Bonchev–Trinajstić information content (AvgIpc) is 3.28. The number of nitrogens with one attached hydrogen (secondary N) is 2. The van der Waals surface area contributed by atoms with Gasteiger partial charge in [0.2, 0.25) is 5.91 Å². The van der Waals surface area contributed by atoms with E-state index in [2.05, 4.69) is 15.5 Å². The molecule has 7 nitrogen and oxygen atoms in total. The number of carbonyl (C=O) groups is 1. The van der Waals surface area contributed by atoms with Crippen LogP contribution in [0.25, 0.3) is 33.4 Å². The van der Waals surface area contributed by atoms with Gasteiger partial charge in [-0.15, -0.1) is 11.8 Å². The number of H-pyrrole nitrogens is 1. The standard InChI is InChI=1S/C23H21ClN6OS/c24-17-10-15(9-16-11-27-30-19(16)17)21-20(14-4-2-1-3-5-14)28-22(25)23(29-21)32-12-13-6-7-26-18(31)8-13/h1-5,9-11,13H,6-8,12H2,(H2,25,28)(H,26,31)(H,27,30). The maximum Gasteiger partial charge on any atom is 0.220 e. The lowest BCUT2D eigenvalue weighted by molar-refractivity contribution is -0.123. The number of nitrogen functional groups attached to an aromatic ring is 1. The molecule has 9 heteroatoms. The lowest BCUT2D eigenvalue weighted by Crippen LogP contribution is -2.34. The molecule has 0 saturated carbocycles. The van der Waals surface area contributed by atoms with Gasteiger partial charge in [-0.2, -0.15) is 5.10 Å². The Morgan fingerprint density at radius 3 is 2.75 bits per heavy atom. The molecule has 1 atom stereocenters. The monoisotopic (exact) mass is 464 g/mol. The first-order chi connectivity index (χ1) is 15.6. The van der Waals surface area contributed by atoms with E-state index in [1.807, 2.05) is 42.5 Å². The number of benzene rings is 2. The van der Waals surface area contributed by atoms with Crippen LogP contribution in [0.5, 0.6) is 0 Å². The maximum atomic E-state index is 11.7. The second-order valence-electron chi connectivity index (χ2n) is 7.79. The fourth-order valence-electron chi connectivity index (χ4n) is 3.88. The maximum absolute atomic E-state index is 11.7. The zero-order chi connectivity index (χ0) is 22.1. The van der Waals surface area contributed by atoms with Gasteiger partial charge in [0.1, 0.15) is 5.03 Å². The number of hydrogen-bond donors (Lipinski definition) is 3. The third-order valence-corrected chi connectivity index (χ3v) is 7.03. The molecule has 162 valence electrons. The van der Waals surface area contributed by atoms with E-state index in [-0.39, 0.29) is 5.91 Å². The van der Waals surface area contributed by atoms with E-state index in [0.717, 1.165) is 34.2 Å². The second-order valence-corrected chi connectivity index (χ2v) is 9.21. The van der Waals surface area contributed by atoms with Crippen LogP contribution in [0.15, 0.2) is 53.7 Å². The summed E-state index contributed by atoms with van der Waals surface area (Å²) < 4.78 is 0. The Morgan fingerprint density at radius 1 is 1.12 bits per heavy atom. The average molecular weight is 465 g/mol. The molecule has 1 unspecified atom stereocenters. The number of amides is 1. The molecular formula is C23H21ClN6OS. The first-order valence-electron chi connectivity index (χ1n) is 10.3. The largest absolute Gasteiger partial charge is 0.381 e. The van der Waals surface area contributed by atoms with Gasteiger partial charge in [-0.3, -0.25) is 9.89 Å². The molecule has 0 bridgehead atoms. The lowest BCUT2D eigenvalue weighted by Gasteiger charge is -2.21. The van der Waals surface area contributed by atoms with Gasteiger partial charge in [-0.1, -0.05) is 41.9 Å². The predicted molar refractivity (Wildman–Crippen MR) is 128 cm³/mol. The van der Waals surface area contributed by atoms with Crippen LogP contribution < -0.4 is 11.1 Å². The molecule has 1 amide bonds. The van der Waals surface area contributed by atoms with Crippen molar-refractivity contribution < 1.29 is 4.79 Å². The van der Waals surface area contributed by atoms with Crippen molar-refractivity contribution in [2.24, 2.45) is 5.92 Å². The minimum absolute atomic E-state index is 0.101. The van der Waals surface area contributed by atoms with Gasteiger partial charge in [-0.25, -0.2) is 9.97 Å². The molecule has 0 spiro atoms. The Balaban J connectivity index is 1.57. The summed E-state index contributed by atoms with van der Waals surface area (Å²) in [5.41, 5.74) is 10.3. The highest BCUT2D eigenvalue weighted by atomic mass is 35.5. The lowest BCUT2D eigenvalue weighted by atomic mass is 10.0. The third kappa shape index (κ3) is 4.16. The molecule has 1 aliphatic rings. The van der Waals surface area contributed by atoms with Crippen molar-refractivity contribution in [1.29, 1.82) is 0 Å². The van der Waals surface area contributed by atoms with Gasteiger partial charge in [0.05, 0.1) is 28.1 Å². The van der Waals surface area contributed by atoms with Crippen LogP contribution in [0.4, 0.5) is 5.82 Å². The van der Waals surface area contributed by atoms with Crippen LogP contribution in [-0.4, -0.2) is 38.4 Å². The van der Waals surface area contributed by atoms with E-state index >= 15 is 0 Å². The van der Waals surface area contributed by atoms with Gasteiger partial charge in [0, 0.05) is 35.2 Å². The number of piperidine rings is 1. The molecule has 5 rings (SSSR count). The molecule has 1 fully saturated rings.